The molecule has 4 heteroatoms. The van der Waals surface area contributed by atoms with Crippen LogP contribution in [0.1, 0.15) is 0 Å². The van der Waals surface area contributed by atoms with Gasteiger partial charge in [0.05, 0.1) is 27.8 Å². The molecule has 0 spiro atoms. The summed E-state index contributed by atoms with van der Waals surface area (Å²) in [5.74, 6) is 0.920. The molecule has 9 rings (SSSR count). The predicted octanol–water partition coefficient (Wildman–Crippen LogP) is 10.1. The third kappa shape index (κ3) is 3.22. The quantitative estimate of drug-likeness (QED) is 0.218. The zero-order valence-corrected chi connectivity index (χ0v) is 22.8. The molecule has 3 aromatic heterocycles. The molecule has 3 nitrogen and oxygen atoms in total. The molecule has 0 aliphatic heterocycles. The van der Waals surface area contributed by atoms with Crippen LogP contribution in [0.15, 0.2) is 140 Å². The van der Waals surface area contributed by atoms with E-state index in [1.807, 2.05) is 11.3 Å². The number of benzene rings is 6. The summed E-state index contributed by atoms with van der Waals surface area (Å²) >= 11 is 1.88. The van der Waals surface area contributed by atoms with E-state index in [1.165, 1.54) is 42.4 Å². The van der Waals surface area contributed by atoms with E-state index in [2.05, 4.69) is 148 Å². The Morgan fingerprint density at radius 2 is 1.07 bits per heavy atom. The maximum absolute atomic E-state index is 5.14. The first-order valence-corrected chi connectivity index (χ1v) is 14.6. The van der Waals surface area contributed by atoms with Gasteiger partial charge in [-0.3, -0.25) is 8.97 Å². The van der Waals surface area contributed by atoms with Gasteiger partial charge in [0.2, 0.25) is 5.78 Å². The predicted molar refractivity (Wildman–Crippen MR) is 173 cm³/mol. The number of fused-ring (bicyclic) bond motifs is 8. The normalized spacial score (nSPS) is 11.9. The molecule has 0 saturated heterocycles. The van der Waals surface area contributed by atoms with Gasteiger partial charge in [-0.2, -0.15) is 0 Å². The topological polar surface area (TPSA) is 22.2 Å². The fourth-order valence-electron chi connectivity index (χ4n) is 6.40. The molecule has 0 fully saturated rings. The highest BCUT2D eigenvalue weighted by molar-refractivity contribution is 7.26. The Kier molecular flexibility index (Phi) is 4.77. The van der Waals surface area contributed by atoms with E-state index < -0.39 is 0 Å². The van der Waals surface area contributed by atoms with Crippen molar-refractivity contribution in [2.24, 2.45) is 0 Å². The number of hydrogen-bond donors (Lipinski definition) is 0. The molecular weight excluding hydrogens is 518 g/mol. The second kappa shape index (κ2) is 8.65. The lowest BCUT2D eigenvalue weighted by Gasteiger charge is -2.16. The molecule has 9 aromatic rings. The summed E-state index contributed by atoms with van der Waals surface area (Å²) in [5.41, 5.74) is 10.4. The van der Waals surface area contributed by atoms with E-state index in [-0.39, 0.29) is 0 Å². The Bertz CT molecular complexity index is 2440. The highest BCUT2D eigenvalue weighted by Crippen LogP contribution is 2.44. The molecule has 0 aliphatic rings. The van der Waals surface area contributed by atoms with E-state index in [9.17, 15) is 0 Å². The van der Waals surface area contributed by atoms with Gasteiger partial charge in [-0.15, -0.1) is 11.3 Å². The minimum atomic E-state index is 0.920. The van der Waals surface area contributed by atoms with Crippen molar-refractivity contribution in [1.82, 2.24) is 14.0 Å². The molecule has 0 amide bonds. The van der Waals surface area contributed by atoms with Gasteiger partial charge in [0, 0.05) is 31.3 Å². The van der Waals surface area contributed by atoms with Gasteiger partial charge in [-0.25, -0.2) is 4.98 Å². The van der Waals surface area contributed by atoms with Gasteiger partial charge in [0.25, 0.3) is 0 Å². The molecule has 0 bridgehead atoms. The number of rotatable bonds is 3. The number of nitrogens with zero attached hydrogens (tertiary/aromatic N) is 3. The van der Waals surface area contributed by atoms with Crippen LogP contribution in [-0.2, 0) is 0 Å². The average molecular weight is 542 g/mol. The molecule has 0 saturated carbocycles. The molecule has 6 aromatic carbocycles. The second-order valence-corrected chi connectivity index (χ2v) is 11.5. The fraction of sp³-hybridized carbons (Fsp3) is 0. The number of imidazole rings is 2. The molecular formula is C37H23N3S. The van der Waals surface area contributed by atoms with Crippen LogP contribution in [0, 0.1) is 0 Å². The van der Waals surface area contributed by atoms with Crippen molar-refractivity contribution in [3.05, 3.63) is 140 Å². The van der Waals surface area contributed by atoms with Crippen molar-refractivity contribution in [1.29, 1.82) is 0 Å². The molecule has 192 valence electrons. The van der Waals surface area contributed by atoms with Crippen molar-refractivity contribution >= 4 is 59.4 Å². The summed E-state index contributed by atoms with van der Waals surface area (Å²) in [6, 6.07) is 50.0. The summed E-state index contributed by atoms with van der Waals surface area (Å²) < 4.78 is 7.25. The molecule has 0 aliphatic carbocycles. The molecule has 41 heavy (non-hydrogen) atoms. The van der Waals surface area contributed by atoms with E-state index >= 15 is 0 Å². The minimum Gasteiger partial charge on any atom is -0.278 e. The summed E-state index contributed by atoms with van der Waals surface area (Å²) in [7, 11) is 0. The molecule has 3 heterocycles. The van der Waals surface area contributed by atoms with Crippen molar-refractivity contribution in [3.63, 3.8) is 0 Å². The van der Waals surface area contributed by atoms with Crippen molar-refractivity contribution in [2.45, 2.75) is 0 Å². The lowest BCUT2D eigenvalue weighted by atomic mass is 9.92. The van der Waals surface area contributed by atoms with Crippen LogP contribution < -0.4 is 0 Å². The maximum atomic E-state index is 5.14. The third-order valence-electron chi connectivity index (χ3n) is 8.16. The van der Waals surface area contributed by atoms with Crippen LogP contribution >= 0.6 is 11.3 Å². The molecule has 0 N–H and O–H groups in total. The molecule has 0 atom stereocenters. The number of aromatic nitrogens is 3. The first-order valence-electron chi connectivity index (χ1n) is 13.8. The van der Waals surface area contributed by atoms with E-state index in [1.54, 1.807) is 0 Å². The van der Waals surface area contributed by atoms with Gasteiger partial charge >= 0.3 is 0 Å². The van der Waals surface area contributed by atoms with Crippen LogP contribution in [0.5, 0.6) is 0 Å². The zero-order chi connectivity index (χ0) is 26.9. The van der Waals surface area contributed by atoms with E-state index in [0.29, 0.717) is 0 Å². The van der Waals surface area contributed by atoms with Gasteiger partial charge in [-0.05, 0) is 47.5 Å². The van der Waals surface area contributed by atoms with E-state index in [4.69, 9.17) is 4.98 Å². The van der Waals surface area contributed by atoms with E-state index in [0.717, 1.165) is 33.5 Å². The fourth-order valence-corrected chi connectivity index (χ4v) is 7.63. The summed E-state index contributed by atoms with van der Waals surface area (Å²) in [5, 5.41) is 2.63. The smallest absolute Gasteiger partial charge is 0.220 e. The minimum absolute atomic E-state index is 0.920. The highest BCUT2D eigenvalue weighted by atomic mass is 32.1. The zero-order valence-electron chi connectivity index (χ0n) is 22.0. The number of hydrogen-bond acceptors (Lipinski definition) is 2. The summed E-state index contributed by atoms with van der Waals surface area (Å²) in [4.78, 5) is 5.14. The maximum Gasteiger partial charge on any atom is 0.220 e. The Balaban J connectivity index is 1.35. The largest absolute Gasteiger partial charge is 0.278 e. The van der Waals surface area contributed by atoms with Gasteiger partial charge in [-0.1, -0.05) is 103 Å². The van der Waals surface area contributed by atoms with Crippen molar-refractivity contribution < 1.29 is 0 Å². The lowest BCUT2D eigenvalue weighted by molar-refractivity contribution is 1.11. The number of thiophene rings is 1. The van der Waals surface area contributed by atoms with Crippen LogP contribution in [0.25, 0.3) is 76.0 Å². The Morgan fingerprint density at radius 3 is 1.95 bits per heavy atom. The van der Waals surface area contributed by atoms with Crippen LogP contribution in [0.2, 0.25) is 0 Å². The van der Waals surface area contributed by atoms with Crippen LogP contribution in [-0.4, -0.2) is 14.0 Å². The SMILES string of the molecule is c1ccc(-c2cccc3c2sc2ccccc23)c(-c2ccccc2-n2c3ccccc3n3c4ccccc4nc23)c1. The van der Waals surface area contributed by atoms with Gasteiger partial charge in [0.15, 0.2) is 0 Å². The van der Waals surface area contributed by atoms with Gasteiger partial charge in [0.1, 0.15) is 0 Å². The Morgan fingerprint density at radius 1 is 0.463 bits per heavy atom. The Labute approximate surface area is 240 Å². The third-order valence-corrected chi connectivity index (χ3v) is 9.38. The lowest BCUT2D eigenvalue weighted by Crippen LogP contribution is -1.99. The summed E-state index contributed by atoms with van der Waals surface area (Å²) in [6.07, 6.45) is 0. The summed E-state index contributed by atoms with van der Waals surface area (Å²) in [6.45, 7) is 0. The van der Waals surface area contributed by atoms with Crippen molar-refractivity contribution in [3.8, 4) is 27.9 Å². The average Bonchev–Trinajstić information content (AvgIpc) is 3.70. The van der Waals surface area contributed by atoms with Crippen LogP contribution in [0.3, 0.4) is 0 Å². The number of para-hydroxylation sites is 5. The Hall–Kier alpha value is -5.19. The monoisotopic (exact) mass is 541 g/mol. The molecule has 0 radical (unpaired) electrons. The molecule has 0 unspecified atom stereocenters. The van der Waals surface area contributed by atoms with Crippen LogP contribution in [0.4, 0.5) is 0 Å². The van der Waals surface area contributed by atoms with Crippen molar-refractivity contribution in [2.75, 3.05) is 0 Å². The standard InChI is InChI=1S/C37H23N3S/c1-2-13-25(28-16-11-17-29-27-15-4-10-23-35(27)41-36(28)29)24(12-1)26-14-3-6-19-31(26)39-33-21-8-9-22-34(33)40-32-20-7-5-18-30(32)38-37(39)40/h1-23H. The first kappa shape index (κ1) is 22.6. The van der Waals surface area contributed by atoms with Gasteiger partial charge < -0.3 is 0 Å². The first-order chi connectivity index (χ1) is 20.4. The highest BCUT2D eigenvalue weighted by Gasteiger charge is 2.21. The second-order valence-electron chi connectivity index (χ2n) is 10.4.